The van der Waals surface area contributed by atoms with E-state index >= 15 is 0 Å². The Kier molecular flexibility index (Phi) is 7.97. The van der Waals surface area contributed by atoms with Crippen molar-refractivity contribution >= 4 is 17.9 Å². The van der Waals surface area contributed by atoms with Crippen molar-refractivity contribution < 1.29 is 19.5 Å². The van der Waals surface area contributed by atoms with E-state index in [1.807, 2.05) is 13.8 Å². The first-order chi connectivity index (χ1) is 8.85. The Bertz CT molecular complexity index is 374. The van der Waals surface area contributed by atoms with E-state index in [0.29, 0.717) is 6.54 Å². The van der Waals surface area contributed by atoms with Crippen molar-refractivity contribution in [3.05, 3.63) is 0 Å². The van der Waals surface area contributed by atoms with Gasteiger partial charge in [0.05, 0.1) is 19.6 Å². The first-order valence-electron chi connectivity index (χ1n) is 5.80. The van der Waals surface area contributed by atoms with E-state index in [9.17, 15) is 14.4 Å². The summed E-state index contributed by atoms with van der Waals surface area (Å²) in [5.41, 5.74) is 0. The van der Waals surface area contributed by atoms with E-state index in [1.165, 1.54) is 4.90 Å². The summed E-state index contributed by atoms with van der Waals surface area (Å²) in [6.45, 7) is 3.71. The Morgan fingerprint density at radius 2 is 1.95 bits per heavy atom. The molecule has 3 amide bonds. The minimum atomic E-state index is -1.09. The molecule has 0 aromatic carbocycles. The van der Waals surface area contributed by atoms with Crippen LogP contribution in [0, 0.1) is 18.3 Å². The second-order valence-corrected chi connectivity index (χ2v) is 4.40. The molecule has 0 heterocycles. The summed E-state index contributed by atoms with van der Waals surface area (Å²) in [5.74, 6) is 0.833. The van der Waals surface area contributed by atoms with E-state index in [4.69, 9.17) is 11.5 Å². The SMILES string of the molecule is C#CCN(CC(=O)O)CC(=O)NC(=O)NCC(C)C. The number of nitrogens with zero attached hydrogens (tertiary/aromatic N) is 1. The van der Waals surface area contributed by atoms with Gasteiger partial charge in [0, 0.05) is 6.54 Å². The van der Waals surface area contributed by atoms with Crippen LogP contribution in [0.5, 0.6) is 0 Å². The van der Waals surface area contributed by atoms with Crippen LogP contribution in [0.2, 0.25) is 0 Å². The number of carbonyl (C=O) groups excluding carboxylic acids is 2. The molecule has 0 bridgehead atoms. The third kappa shape index (κ3) is 9.62. The molecular weight excluding hydrogens is 250 g/mol. The molecule has 0 saturated heterocycles. The number of amides is 3. The van der Waals surface area contributed by atoms with Gasteiger partial charge in [0.25, 0.3) is 0 Å². The van der Waals surface area contributed by atoms with Gasteiger partial charge >= 0.3 is 12.0 Å². The molecule has 0 atom stereocenters. The highest BCUT2D eigenvalue weighted by Crippen LogP contribution is 1.89. The van der Waals surface area contributed by atoms with Crippen LogP contribution in [0.15, 0.2) is 0 Å². The van der Waals surface area contributed by atoms with Crippen molar-refractivity contribution in [2.24, 2.45) is 5.92 Å². The van der Waals surface area contributed by atoms with Gasteiger partial charge in [-0.05, 0) is 5.92 Å². The summed E-state index contributed by atoms with van der Waals surface area (Å²) >= 11 is 0. The summed E-state index contributed by atoms with van der Waals surface area (Å²) in [6.07, 6.45) is 5.07. The monoisotopic (exact) mass is 269 g/mol. The average Bonchev–Trinajstić information content (AvgIpc) is 2.25. The number of carbonyl (C=O) groups is 3. The van der Waals surface area contributed by atoms with Crippen LogP contribution in [0.25, 0.3) is 0 Å². The zero-order chi connectivity index (χ0) is 14.8. The molecule has 19 heavy (non-hydrogen) atoms. The first kappa shape index (κ1) is 16.9. The highest BCUT2D eigenvalue weighted by Gasteiger charge is 2.14. The Balaban J connectivity index is 4.15. The van der Waals surface area contributed by atoms with Crippen molar-refractivity contribution in [2.75, 3.05) is 26.2 Å². The number of imide groups is 1. The first-order valence-corrected chi connectivity index (χ1v) is 5.80. The van der Waals surface area contributed by atoms with E-state index in [1.54, 1.807) is 0 Å². The maximum atomic E-state index is 11.5. The Morgan fingerprint density at radius 1 is 1.32 bits per heavy atom. The lowest BCUT2D eigenvalue weighted by Crippen LogP contribution is -2.46. The maximum Gasteiger partial charge on any atom is 0.321 e. The van der Waals surface area contributed by atoms with Crippen molar-refractivity contribution in [3.63, 3.8) is 0 Å². The molecule has 0 rings (SSSR count). The van der Waals surface area contributed by atoms with Crippen molar-refractivity contribution in [1.82, 2.24) is 15.5 Å². The Hall–Kier alpha value is -2.07. The van der Waals surface area contributed by atoms with Gasteiger partial charge in [-0.3, -0.25) is 19.8 Å². The van der Waals surface area contributed by atoms with Gasteiger partial charge in [0.1, 0.15) is 0 Å². The summed E-state index contributed by atoms with van der Waals surface area (Å²) in [7, 11) is 0. The number of urea groups is 1. The van der Waals surface area contributed by atoms with Crippen LogP contribution >= 0.6 is 0 Å². The van der Waals surface area contributed by atoms with Crippen LogP contribution in [-0.2, 0) is 9.59 Å². The molecule has 0 unspecified atom stereocenters. The lowest BCUT2D eigenvalue weighted by atomic mass is 10.2. The molecule has 0 saturated carbocycles. The van der Waals surface area contributed by atoms with Crippen molar-refractivity contribution in [2.45, 2.75) is 13.8 Å². The van der Waals surface area contributed by atoms with Gasteiger partial charge in [-0.1, -0.05) is 19.8 Å². The second-order valence-electron chi connectivity index (χ2n) is 4.40. The molecule has 0 aliphatic carbocycles. The number of aliphatic carboxylic acids is 1. The van der Waals surface area contributed by atoms with Crippen LogP contribution < -0.4 is 10.6 Å². The normalized spacial score (nSPS) is 10.1. The Labute approximate surface area is 112 Å². The van der Waals surface area contributed by atoms with Crippen LogP contribution in [0.4, 0.5) is 4.79 Å². The van der Waals surface area contributed by atoms with Crippen LogP contribution in [0.3, 0.4) is 0 Å². The predicted octanol–water partition coefficient (Wildman–Crippen LogP) is -0.512. The number of rotatable bonds is 7. The van der Waals surface area contributed by atoms with Crippen molar-refractivity contribution in [3.8, 4) is 12.3 Å². The van der Waals surface area contributed by atoms with E-state index < -0.39 is 17.9 Å². The highest BCUT2D eigenvalue weighted by atomic mass is 16.4. The molecule has 0 aliphatic heterocycles. The highest BCUT2D eigenvalue weighted by molar-refractivity contribution is 5.95. The number of hydrogen-bond donors (Lipinski definition) is 3. The summed E-state index contributed by atoms with van der Waals surface area (Å²) < 4.78 is 0. The molecule has 3 N–H and O–H groups in total. The largest absolute Gasteiger partial charge is 0.480 e. The van der Waals surface area contributed by atoms with Gasteiger partial charge < -0.3 is 10.4 Å². The fourth-order valence-corrected chi connectivity index (χ4v) is 1.20. The lowest BCUT2D eigenvalue weighted by molar-refractivity contribution is -0.138. The average molecular weight is 269 g/mol. The quantitative estimate of drug-likeness (QED) is 0.541. The zero-order valence-electron chi connectivity index (χ0n) is 11.1. The fourth-order valence-electron chi connectivity index (χ4n) is 1.20. The second kappa shape index (κ2) is 8.94. The molecule has 0 fully saturated rings. The Morgan fingerprint density at radius 3 is 2.42 bits per heavy atom. The third-order valence-electron chi connectivity index (χ3n) is 1.96. The van der Waals surface area contributed by atoms with Gasteiger partial charge in [0.2, 0.25) is 5.91 Å². The smallest absolute Gasteiger partial charge is 0.321 e. The summed E-state index contributed by atoms with van der Waals surface area (Å²) in [5, 5.41) is 13.2. The predicted molar refractivity (Wildman–Crippen MR) is 69.3 cm³/mol. The molecule has 0 aromatic heterocycles. The molecule has 7 heteroatoms. The summed E-state index contributed by atoms with van der Waals surface area (Å²) in [4.78, 5) is 34.6. The topological polar surface area (TPSA) is 98.7 Å². The van der Waals surface area contributed by atoms with E-state index in [0.717, 1.165) is 0 Å². The molecule has 0 aliphatic rings. The number of nitrogens with one attached hydrogen (secondary N) is 2. The fraction of sp³-hybridized carbons (Fsp3) is 0.583. The van der Waals surface area contributed by atoms with Crippen LogP contribution in [0.1, 0.15) is 13.8 Å². The van der Waals surface area contributed by atoms with E-state index in [2.05, 4.69) is 16.6 Å². The zero-order valence-corrected chi connectivity index (χ0v) is 11.1. The van der Waals surface area contributed by atoms with Crippen molar-refractivity contribution in [1.29, 1.82) is 0 Å². The van der Waals surface area contributed by atoms with Gasteiger partial charge in [-0.25, -0.2) is 4.79 Å². The number of carboxylic acid groups (broad SMARTS) is 1. The van der Waals surface area contributed by atoms with Gasteiger partial charge in [-0.2, -0.15) is 0 Å². The lowest BCUT2D eigenvalue weighted by Gasteiger charge is -2.16. The molecule has 0 spiro atoms. The molecule has 0 aromatic rings. The number of hydrogen-bond acceptors (Lipinski definition) is 4. The maximum absolute atomic E-state index is 11.5. The minimum Gasteiger partial charge on any atom is -0.480 e. The molecular formula is C12H19N3O4. The van der Waals surface area contributed by atoms with E-state index in [-0.39, 0.29) is 25.6 Å². The minimum absolute atomic E-state index is 0.0212. The number of terminal acetylenes is 1. The van der Waals surface area contributed by atoms with Gasteiger partial charge in [0.15, 0.2) is 0 Å². The molecule has 106 valence electrons. The van der Waals surface area contributed by atoms with Crippen LogP contribution in [-0.4, -0.2) is 54.1 Å². The third-order valence-corrected chi connectivity index (χ3v) is 1.96. The summed E-state index contributed by atoms with van der Waals surface area (Å²) in [6, 6.07) is -0.602. The van der Waals surface area contributed by atoms with Gasteiger partial charge in [-0.15, -0.1) is 6.42 Å². The standard InChI is InChI=1S/C12H19N3O4/c1-4-5-15(8-11(17)18)7-10(16)14-12(19)13-6-9(2)3/h1,9H,5-8H2,2-3H3,(H,17,18)(H2,13,14,16,19). The number of carboxylic acids is 1. The molecule has 7 nitrogen and oxygen atoms in total. The molecule has 0 radical (unpaired) electrons.